The normalized spacial score (nSPS) is 12.8. The van der Waals surface area contributed by atoms with Crippen molar-refractivity contribution in [3.63, 3.8) is 0 Å². The van der Waals surface area contributed by atoms with E-state index in [1.165, 1.54) is 17.0 Å². The maximum Gasteiger partial charge on any atom is 0.226 e. The number of nitrogens with zero attached hydrogens (tertiary/aromatic N) is 4. The van der Waals surface area contributed by atoms with Gasteiger partial charge in [-0.1, -0.05) is 17.7 Å². The zero-order chi connectivity index (χ0) is 24.2. The van der Waals surface area contributed by atoms with Gasteiger partial charge in [0.05, 0.1) is 22.6 Å². The summed E-state index contributed by atoms with van der Waals surface area (Å²) in [5.74, 6) is -0.578. The molecule has 34 heavy (non-hydrogen) atoms. The zero-order valence-corrected chi connectivity index (χ0v) is 19.7. The van der Waals surface area contributed by atoms with Crippen molar-refractivity contribution in [3.05, 3.63) is 59.6 Å². The molecule has 0 unspecified atom stereocenters. The number of amides is 1. The van der Waals surface area contributed by atoms with Crippen molar-refractivity contribution < 1.29 is 14.3 Å². The highest BCUT2D eigenvalue weighted by atomic mass is 35.5. The molecule has 8 heteroatoms. The molecule has 174 valence electrons. The number of anilines is 2. The molecule has 0 saturated carbocycles. The van der Waals surface area contributed by atoms with E-state index >= 15 is 0 Å². The van der Waals surface area contributed by atoms with Crippen LogP contribution in [0.2, 0.25) is 5.02 Å². The third kappa shape index (κ3) is 4.92. The lowest BCUT2D eigenvalue weighted by Gasteiger charge is -2.18. The summed E-state index contributed by atoms with van der Waals surface area (Å²) in [6, 6.07) is 14.8. The van der Waals surface area contributed by atoms with Gasteiger partial charge in [0.25, 0.3) is 0 Å². The molecule has 0 aliphatic carbocycles. The van der Waals surface area contributed by atoms with E-state index in [-0.39, 0.29) is 16.3 Å². The van der Waals surface area contributed by atoms with E-state index in [0.717, 1.165) is 31.6 Å². The van der Waals surface area contributed by atoms with Crippen LogP contribution >= 0.6 is 11.6 Å². The number of benzene rings is 2. The van der Waals surface area contributed by atoms with Crippen molar-refractivity contribution in [2.45, 2.75) is 12.8 Å². The van der Waals surface area contributed by atoms with Gasteiger partial charge in [-0.15, -0.1) is 0 Å². The Kier molecular flexibility index (Phi) is 6.90. The maximum atomic E-state index is 14.7. The highest BCUT2D eigenvalue weighted by Gasteiger charge is 2.18. The number of carbonyl (C=O) groups is 1. The molecule has 0 radical (unpaired) electrons. The van der Waals surface area contributed by atoms with Crippen molar-refractivity contribution in [3.8, 4) is 40.1 Å². The Morgan fingerprint density at radius 1 is 1.06 bits per heavy atom. The lowest BCUT2D eigenvalue weighted by molar-refractivity contribution is -0.106. The molecule has 1 N–H and O–H groups in total. The lowest BCUT2D eigenvalue weighted by atomic mass is 9.97. The van der Waals surface area contributed by atoms with Gasteiger partial charge in [0.2, 0.25) is 6.41 Å². The van der Waals surface area contributed by atoms with Crippen LogP contribution in [-0.4, -0.2) is 48.6 Å². The smallest absolute Gasteiger partial charge is 0.226 e. The first-order valence-corrected chi connectivity index (χ1v) is 11.2. The summed E-state index contributed by atoms with van der Waals surface area (Å²) in [6.45, 7) is 1.90. The highest BCUT2D eigenvalue weighted by Crippen LogP contribution is 2.41. The van der Waals surface area contributed by atoms with Gasteiger partial charge in [-0.05, 0) is 48.7 Å². The van der Waals surface area contributed by atoms with Gasteiger partial charge < -0.3 is 14.9 Å². The molecule has 0 bridgehead atoms. The van der Waals surface area contributed by atoms with E-state index in [4.69, 9.17) is 11.6 Å². The quantitative estimate of drug-likeness (QED) is 0.319. The molecule has 0 spiro atoms. The highest BCUT2D eigenvalue weighted by molar-refractivity contribution is 6.34. The molecule has 1 fully saturated rings. The molecule has 6 nitrogen and oxygen atoms in total. The second-order valence-corrected chi connectivity index (χ2v) is 8.64. The topological polar surface area (TPSA) is 59.9 Å². The minimum absolute atomic E-state index is 0.0785. The fraction of sp³-hybridized carbons (Fsp3) is 0.231. The van der Waals surface area contributed by atoms with Crippen LogP contribution < -0.4 is 9.80 Å². The van der Waals surface area contributed by atoms with Crippen molar-refractivity contribution in [2.75, 3.05) is 37.0 Å². The summed E-state index contributed by atoms with van der Waals surface area (Å²) >= 11 is 6.44. The molecule has 1 aromatic heterocycles. The number of phenolic OH excluding ortho intramolecular Hbond substituents is 1. The Morgan fingerprint density at radius 3 is 2.41 bits per heavy atom. The number of aromatic nitrogens is 1. The number of carbonyl (C=O) groups excluding carboxylic acids is 1. The number of halogens is 2. The predicted octanol–water partition coefficient (Wildman–Crippen LogP) is 4.96. The Bertz CT molecular complexity index is 1280. The van der Waals surface area contributed by atoms with Crippen LogP contribution in [0.5, 0.6) is 5.75 Å². The molecule has 2 aromatic carbocycles. The Labute approximate surface area is 203 Å². The van der Waals surface area contributed by atoms with Gasteiger partial charge in [0.1, 0.15) is 11.6 Å². The number of aromatic hydroxyl groups is 1. The summed E-state index contributed by atoms with van der Waals surface area (Å²) in [7, 11) is 3.50. The van der Waals surface area contributed by atoms with E-state index in [2.05, 4.69) is 22.0 Å². The van der Waals surface area contributed by atoms with Crippen molar-refractivity contribution in [2.24, 2.45) is 0 Å². The Morgan fingerprint density at radius 2 is 1.76 bits per heavy atom. The van der Waals surface area contributed by atoms with Crippen LogP contribution in [0.15, 0.2) is 48.8 Å². The number of hydrogen-bond acceptors (Lipinski definition) is 5. The van der Waals surface area contributed by atoms with Gasteiger partial charge >= 0.3 is 0 Å². The molecule has 1 aliphatic rings. The van der Waals surface area contributed by atoms with Crippen LogP contribution in [0.3, 0.4) is 0 Å². The molecule has 1 aliphatic heterocycles. The summed E-state index contributed by atoms with van der Waals surface area (Å²) in [4.78, 5) is 20.8. The first kappa shape index (κ1) is 23.4. The second kappa shape index (κ2) is 10.0. The van der Waals surface area contributed by atoms with E-state index in [9.17, 15) is 14.3 Å². The third-order valence-electron chi connectivity index (χ3n) is 5.60. The molecular weight excluding hydrogens is 455 g/mol. The minimum atomic E-state index is -0.499. The van der Waals surface area contributed by atoms with Crippen LogP contribution in [0.25, 0.3) is 22.3 Å². The average molecular weight is 479 g/mol. The minimum Gasteiger partial charge on any atom is -0.507 e. The van der Waals surface area contributed by atoms with E-state index in [1.54, 1.807) is 49.6 Å². The molecular formula is C26H24ClFN4O2. The van der Waals surface area contributed by atoms with Crippen molar-refractivity contribution in [1.82, 2.24) is 9.88 Å². The standard InChI is InChI=1S/C26H24ClFN4O2/c1-30(2)9-10-32(17-33)25-6-5-18(12-24(25)27)22-13-20(28)14-23(26(22)34)19-11-21(16-29-15-19)31-7-3-4-8-31/h5-6,11-17,34H,3-4,7-8H2,1-2H3. The van der Waals surface area contributed by atoms with Gasteiger partial charge in [0, 0.05) is 62.2 Å². The van der Waals surface area contributed by atoms with Crippen LogP contribution in [0.1, 0.15) is 12.8 Å². The van der Waals surface area contributed by atoms with E-state index in [0.29, 0.717) is 28.8 Å². The maximum absolute atomic E-state index is 14.7. The monoisotopic (exact) mass is 478 g/mol. The first-order chi connectivity index (χ1) is 16.4. The number of rotatable bonds is 5. The zero-order valence-electron chi connectivity index (χ0n) is 18.9. The van der Waals surface area contributed by atoms with Gasteiger partial charge in [0.15, 0.2) is 0 Å². The largest absolute Gasteiger partial charge is 0.507 e. The molecule has 1 amide bonds. The predicted molar refractivity (Wildman–Crippen MR) is 133 cm³/mol. The summed E-state index contributed by atoms with van der Waals surface area (Å²) in [6.07, 6.45) is 6.20. The third-order valence-corrected chi connectivity index (χ3v) is 5.90. The number of hydrogen-bond donors (Lipinski definition) is 1. The Balaban J connectivity index is 1.73. The number of phenols is 1. The lowest BCUT2D eigenvalue weighted by Crippen LogP contribution is -2.17. The average Bonchev–Trinajstić information content (AvgIpc) is 3.36. The van der Waals surface area contributed by atoms with Crippen molar-refractivity contribution >= 4 is 29.4 Å². The van der Waals surface area contributed by atoms with E-state index in [1.807, 2.05) is 6.07 Å². The van der Waals surface area contributed by atoms with Gasteiger partial charge in [-0.2, -0.15) is 0 Å². The second-order valence-electron chi connectivity index (χ2n) is 8.24. The van der Waals surface area contributed by atoms with Crippen LogP contribution in [0.4, 0.5) is 15.8 Å². The van der Waals surface area contributed by atoms with Gasteiger partial charge in [-0.3, -0.25) is 9.78 Å². The van der Waals surface area contributed by atoms with Crippen LogP contribution in [-0.2, 0) is 4.79 Å². The van der Waals surface area contributed by atoms with Gasteiger partial charge in [-0.25, -0.2) is 9.29 Å². The summed E-state index contributed by atoms with van der Waals surface area (Å²) < 4.78 is 14.7. The molecule has 2 heterocycles. The van der Waals surface area contributed by atoms with E-state index < -0.39 is 5.82 Å². The fourth-order valence-corrected chi connectivity index (χ4v) is 4.20. The molecule has 1 saturated heterocycles. The molecule has 4 rings (SSSR count). The number of pyridine rings is 1. The molecule has 0 atom stereocenters. The first-order valence-electron chi connectivity index (χ1n) is 10.8. The Hall–Kier alpha value is -3.76. The SMILES string of the molecule is CN(C)C#CN(C=O)c1ccc(-c2cc(F)cc(-c3cncc(N4CCCC4)c3)c2O)cc1Cl. The summed E-state index contributed by atoms with van der Waals surface area (Å²) in [5, 5.41) is 11.3. The molecule has 3 aromatic rings. The summed E-state index contributed by atoms with van der Waals surface area (Å²) in [5.41, 5.74) is 3.08. The fourth-order valence-electron chi connectivity index (χ4n) is 3.93. The van der Waals surface area contributed by atoms with Crippen LogP contribution in [0, 0.1) is 17.9 Å². The van der Waals surface area contributed by atoms with Crippen molar-refractivity contribution in [1.29, 1.82) is 0 Å².